The second-order valence-electron chi connectivity index (χ2n) is 4.68. The number of ether oxygens (including phenoxy) is 1. The van der Waals surface area contributed by atoms with Crippen LogP contribution in [0.4, 0.5) is 0 Å². The minimum atomic E-state index is 0.0809. The Kier molecular flexibility index (Phi) is 5.23. The molecule has 1 heterocycles. The molecule has 0 bridgehead atoms. The third-order valence-corrected chi connectivity index (χ3v) is 3.81. The molecule has 1 unspecified atom stereocenters. The summed E-state index contributed by atoms with van der Waals surface area (Å²) in [4.78, 5) is 2.19. The van der Waals surface area contributed by atoms with Gasteiger partial charge in [0.1, 0.15) is 5.75 Å². The molecule has 2 N–H and O–H groups in total. The molecule has 5 heteroatoms. The van der Waals surface area contributed by atoms with Gasteiger partial charge in [0, 0.05) is 28.7 Å². The van der Waals surface area contributed by atoms with Crippen molar-refractivity contribution in [3.8, 4) is 5.75 Å². The van der Waals surface area contributed by atoms with Crippen molar-refractivity contribution in [3.63, 3.8) is 0 Å². The van der Waals surface area contributed by atoms with Crippen molar-refractivity contribution >= 4 is 15.9 Å². The van der Waals surface area contributed by atoms with Gasteiger partial charge in [-0.05, 0) is 31.3 Å². The lowest BCUT2D eigenvalue weighted by Crippen LogP contribution is -2.30. The summed E-state index contributed by atoms with van der Waals surface area (Å²) in [7, 11) is 3.72. The Hall–Kier alpha value is -1.30. The third-order valence-electron chi connectivity index (χ3n) is 3.32. The maximum atomic E-state index is 5.97. The molecular weight excluding hydrogens is 320 g/mol. The Morgan fingerprint density at radius 3 is 2.80 bits per heavy atom. The standard InChI is InChI=1S/C15H19BrN2O2/c1-18(9-11-5-6-20-10-11)14(8-17)13-7-12(16)3-4-15(13)19-2/h3-7,10,14H,8-9,17H2,1-2H3. The summed E-state index contributed by atoms with van der Waals surface area (Å²) >= 11 is 3.50. The fourth-order valence-corrected chi connectivity index (χ4v) is 2.67. The number of likely N-dealkylation sites (N-methyl/N-ethyl adjacent to an activating group) is 1. The predicted molar refractivity (Wildman–Crippen MR) is 82.7 cm³/mol. The van der Waals surface area contributed by atoms with Crippen molar-refractivity contribution in [1.82, 2.24) is 4.90 Å². The van der Waals surface area contributed by atoms with Gasteiger partial charge in [0.05, 0.1) is 25.7 Å². The van der Waals surface area contributed by atoms with Crippen LogP contribution >= 0.6 is 15.9 Å². The van der Waals surface area contributed by atoms with Crippen LogP contribution in [-0.4, -0.2) is 25.6 Å². The zero-order valence-corrected chi connectivity index (χ0v) is 13.3. The summed E-state index contributed by atoms with van der Waals surface area (Å²) in [6.07, 6.45) is 3.43. The number of hydrogen-bond acceptors (Lipinski definition) is 4. The van der Waals surface area contributed by atoms with E-state index >= 15 is 0 Å². The van der Waals surface area contributed by atoms with Gasteiger partial charge in [0.2, 0.25) is 0 Å². The van der Waals surface area contributed by atoms with Crippen molar-refractivity contribution in [2.75, 3.05) is 20.7 Å². The molecule has 20 heavy (non-hydrogen) atoms. The molecule has 0 aliphatic carbocycles. The topological polar surface area (TPSA) is 51.6 Å². The van der Waals surface area contributed by atoms with Gasteiger partial charge in [0.15, 0.2) is 0 Å². The van der Waals surface area contributed by atoms with Gasteiger partial charge in [0.25, 0.3) is 0 Å². The van der Waals surface area contributed by atoms with E-state index < -0.39 is 0 Å². The quantitative estimate of drug-likeness (QED) is 0.878. The summed E-state index contributed by atoms with van der Waals surface area (Å²) in [5.41, 5.74) is 8.18. The van der Waals surface area contributed by atoms with Gasteiger partial charge in [-0.15, -0.1) is 0 Å². The average molecular weight is 339 g/mol. The van der Waals surface area contributed by atoms with E-state index in [-0.39, 0.29) is 6.04 Å². The molecule has 0 saturated carbocycles. The van der Waals surface area contributed by atoms with Crippen molar-refractivity contribution < 1.29 is 9.15 Å². The molecule has 108 valence electrons. The van der Waals surface area contributed by atoms with E-state index in [1.807, 2.05) is 25.2 Å². The van der Waals surface area contributed by atoms with Crippen molar-refractivity contribution in [2.24, 2.45) is 5.73 Å². The van der Waals surface area contributed by atoms with E-state index in [0.29, 0.717) is 6.54 Å². The van der Waals surface area contributed by atoms with E-state index in [0.717, 1.165) is 27.9 Å². The molecular formula is C15H19BrN2O2. The molecule has 1 aromatic heterocycles. The van der Waals surface area contributed by atoms with Crippen LogP contribution in [0.5, 0.6) is 5.75 Å². The molecule has 0 spiro atoms. The Bertz CT molecular complexity index is 543. The molecule has 4 nitrogen and oxygen atoms in total. The summed E-state index contributed by atoms with van der Waals surface area (Å²) in [5.74, 6) is 0.850. The summed E-state index contributed by atoms with van der Waals surface area (Å²) < 4.78 is 11.6. The molecule has 0 amide bonds. The third kappa shape index (κ3) is 3.42. The predicted octanol–water partition coefficient (Wildman–Crippen LogP) is 3.18. The Labute approximate surface area is 127 Å². The lowest BCUT2D eigenvalue weighted by Gasteiger charge is -2.28. The number of hydrogen-bond donors (Lipinski definition) is 1. The second kappa shape index (κ2) is 6.92. The van der Waals surface area contributed by atoms with Crippen molar-refractivity contribution in [2.45, 2.75) is 12.6 Å². The van der Waals surface area contributed by atoms with Crippen LogP contribution in [0.15, 0.2) is 45.7 Å². The minimum Gasteiger partial charge on any atom is -0.496 e. The SMILES string of the molecule is COc1ccc(Br)cc1C(CN)N(C)Cc1ccoc1. The van der Waals surface area contributed by atoms with Gasteiger partial charge in [-0.25, -0.2) is 0 Å². The zero-order chi connectivity index (χ0) is 14.5. The van der Waals surface area contributed by atoms with Crippen LogP contribution in [-0.2, 0) is 6.54 Å². The first-order valence-corrected chi connectivity index (χ1v) is 7.19. The van der Waals surface area contributed by atoms with Crippen molar-refractivity contribution in [1.29, 1.82) is 0 Å². The number of methoxy groups -OCH3 is 1. The zero-order valence-electron chi connectivity index (χ0n) is 11.7. The molecule has 1 aromatic carbocycles. The molecule has 0 saturated heterocycles. The maximum Gasteiger partial charge on any atom is 0.123 e. The smallest absolute Gasteiger partial charge is 0.123 e. The van der Waals surface area contributed by atoms with Crippen LogP contribution in [0.25, 0.3) is 0 Å². The maximum absolute atomic E-state index is 5.97. The van der Waals surface area contributed by atoms with Gasteiger partial charge in [-0.1, -0.05) is 15.9 Å². The highest BCUT2D eigenvalue weighted by Crippen LogP contribution is 2.31. The fourth-order valence-electron chi connectivity index (χ4n) is 2.29. The number of furan rings is 1. The fraction of sp³-hybridized carbons (Fsp3) is 0.333. The van der Waals surface area contributed by atoms with E-state index in [2.05, 4.69) is 26.9 Å². The number of rotatable bonds is 6. The lowest BCUT2D eigenvalue weighted by atomic mass is 10.0. The van der Waals surface area contributed by atoms with Gasteiger partial charge >= 0.3 is 0 Å². The van der Waals surface area contributed by atoms with Gasteiger partial charge in [-0.3, -0.25) is 4.90 Å². The molecule has 2 aromatic rings. The van der Waals surface area contributed by atoms with Gasteiger partial charge < -0.3 is 14.9 Å². The molecule has 1 atom stereocenters. The summed E-state index contributed by atoms with van der Waals surface area (Å²) in [6.45, 7) is 1.29. The number of halogens is 1. The van der Waals surface area contributed by atoms with Crippen LogP contribution in [0.3, 0.4) is 0 Å². The second-order valence-corrected chi connectivity index (χ2v) is 5.60. The molecule has 0 aliphatic heterocycles. The van der Waals surface area contributed by atoms with Crippen LogP contribution in [0.1, 0.15) is 17.2 Å². The van der Waals surface area contributed by atoms with Gasteiger partial charge in [-0.2, -0.15) is 0 Å². The summed E-state index contributed by atoms with van der Waals surface area (Å²) in [5, 5.41) is 0. The van der Waals surface area contributed by atoms with E-state index in [1.165, 1.54) is 0 Å². The lowest BCUT2D eigenvalue weighted by molar-refractivity contribution is 0.235. The normalized spacial score (nSPS) is 12.7. The first kappa shape index (κ1) is 15.1. The Morgan fingerprint density at radius 2 is 2.20 bits per heavy atom. The first-order valence-electron chi connectivity index (χ1n) is 6.40. The van der Waals surface area contributed by atoms with Crippen LogP contribution < -0.4 is 10.5 Å². The Morgan fingerprint density at radius 1 is 1.40 bits per heavy atom. The molecule has 0 aliphatic rings. The minimum absolute atomic E-state index is 0.0809. The molecule has 2 rings (SSSR count). The van der Waals surface area contributed by atoms with Crippen LogP contribution in [0.2, 0.25) is 0 Å². The largest absolute Gasteiger partial charge is 0.496 e. The summed E-state index contributed by atoms with van der Waals surface area (Å²) in [6, 6.07) is 8.02. The monoisotopic (exact) mass is 338 g/mol. The van der Waals surface area contributed by atoms with E-state index in [9.17, 15) is 0 Å². The van der Waals surface area contributed by atoms with E-state index in [1.54, 1.807) is 19.6 Å². The highest BCUT2D eigenvalue weighted by Gasteiger charge is 2.20. The van der Waals surface area contributed by atoms with Crippen LogP contribution in [0, 0.1) is 0 Å². The highest BCUT2D eigenvalue weighted by molar-refractivity contribution is 9.10. The van der Waals surface area contributed by atoms with E-state index in [4.69, 9.17) is 14.9 Å². The number of nitrogens with two attached hydrogens (primary N) is 1. The number of benzene rings is 1. The molecule has 0 radical (unpaired) electrons. The average Bonchev–Trinajstić information content (AvgIpc) is 2.93. The number of nitrogens with zero attached hydrogens (tertiary/aromatic N) is 1. The van der Waals surface area contributed by atoms with Crippen molar-refractivity contribution in [3.05, 3.63) is 52.4 Å². The Balaban J connectivity index is 2.24. The molecule has 0 fully saturated rings. The first-order chi connectivity index (χ1) is 9.65. The highest BCUT2D eigenvalue weighted by atomic mass is 79.9.